The number of imide groups is 1. The number of hydrogen-bond donors (Lipinski definition) is 2. The first-order chi connectivity index (χ1) is 8.08. The highest BCUT2D eigenvalue weighted by molar-refractivity contribution is 6.00. The van der Waals surface area contributed by atoms with Gasteiger partial charge in [0, 0.05) is 25.6 Å². The molecule has 17 heavy (non-hydrogen) atoms. The molecule has 0 aromatic carbocycles. The number of likely N-dealkylation sites (N-methyl/N-ethyl adjacent to an activating group) is 1. The molecule has 0 aromatic heterocycles. The third kappa shape index (κ3) is 2.84. The molecule has 5 heteroatoms. The van der Waals surface area contributed by atoms with Gasteiger partial charge in [-0.25, -0.2) is 0 Å². The number of carbonyl (C=O) groups is 2. The Bertz CT molecular complexity index is 311. The summed E-state index contributed by atoms with van der Waals surface area (Å²) in [5.74, 6) is -0.158. The average molecular weight is 239 g/mol. The minimum absolute atomic E-state index is 0.0706. The van der Waals surface area contributed by atoms with Crippen LogP contribution in [0.2, 0.25) is 0 Å². The molecule has 1 saturated carbocycles. The molecule has 1 aliphatic carbocycles. The third-order valence-corrected chi connectivity index (χ3v) is 3.86. The van der Waals surface area contributed by atoms with Crippen molar-refractivity contribution in [3.05, 3.63) is 0 Å². The second-order valence-electron chi connectivity index (χ2n) is 5.16. The van der Waals surface area contributed by atoms with E-state index in [0.29, 0.717) is 24.9 Å². The van der Waals surface area contributed by atoms with Crippen molar-refractivity contribution in [1.29, 1.82) is 0 Å². The molecule has 2 aliphatic rings. The van der Waals surface area contributed by atoms with E-state index < -0.39 is 0 Å². The highest BCUT2D eigenvalue weighted by Crippen LogP contribution is 2.20. The Labute approximate surface area is 102 Å². The van der Waals surface area contributed by atoms with Crippen molar-refractivity contribution in [3.63, 3.8) is 0 Å². The summed E-state index contributed by atoms with van der Waals surface area (Å²) in [6.45, 7) is 0. The summed E-state index contributed by atoms with van der Waals surface area (Å²) in [5, 5.41) is 3.38. The predicted octanol–water partition coefficient (Wildman–Crippen LogP) is -0.00670. The van der Waals surface area contributed by atoms with E-state index in [0.717, 1.165) is 25.7 Å². The first-order valence-electron chi connectivity index (χ1n) is 6.40. The van der Waals surface area contributed by atoms with Gasteiger partial charge in [-0.3, -0.25) is 14.5 Å². The fourth-order valence-electron chi connectivity index (χ4n) is 2.64. The number of likely N-dealkylation sites (tertiary alicyclic amines) is 1. The second-order valence-corrected chi connectivity index (χ2v) is 5.16. The molecular weight excluding hydrogens is 218 g/mol. The van der Waals surface area contributed by atoms with Gasteiger partial charge >= 0.3 is 0 Å². The summed E-state index contributed by atoms with van der Waals surface area (Å²) in [6.07, 6.45) is 5.20. The normalized spacial score (nSPS) is 35.2. The van der Waals surface area contributed by atoms with E-state index in [4.69, 9.17) is 5.73 Å². The number of rotatable bonds is 2. The molecular formula is C12H21N3O2. The van der Waals surface area contributed by atoms with Gasteiger partial charge in [-0.1, -0.05) is 0 Å². The maximum atomic E-state index is 11.9. The number of nitrogens with zero attached hydrogens (tertiary/aromatic N) is 1. The molecule has 2 fully saturated rings. The van der Waals surface area contributed by atoms with Crippen LogP contribution in [-0.4, -0.2) is 41.9 Å². The quantitative estimate of drug-likeness (QED) is 0.665. The first-order valence-corrected chi connectivity index (χ1v) is 6.40. The van der Waals surface area contributed by atoms with E-state index >= 15 is 0 Å². The van der Waals surface area contributed by atoms with Crippen LogP contribution in [0.15, 0.2) is 0 Å². The van der Waals surface area contributed by atoms with E-state index in [9.17, 15) is 9.59 Å². The van der Waals surface area contributed by atoms with Crippen LogP contribution in [0.25, 0.3) is 0 Å². The lowest BCUT2D eigenvalue weighted by Crippen LogP contribution is -2.54. The SMILES string of the molecule is CN1C(=O)CCC(NC2CCC(N)CC2)C1=O. The number of hydrogen-bond acceptors (Lipinski definition) is 4. The largest absolute Gasteiger partial charge is 0.328 e. The third-order valence-electron chi connectivity index (χ3n) is 3.86. The second kappa shape index (κ2) is 5.14. The van der Waals surface area contributed by atoms with E-state index in [1.54, 1.807) is 7.05 Å². The average Bonchev–Trinajstić information content (AvgIpc) is 2.33. The minimum atomic E-state index is -0.183. The molecule has 2 rings (SSSR count). The van der Waals surface area contributed by atoms with Gasteiger partial charge in [0.25, 0.3) is 0 Å². The summed E-state index contributed by atoms with van der Waals surface area (Å²) in [7, 11) is 1.56. The lowest BCUT2D eigenvalue weighted by Gasteiger charge is -2.34. The van der Waals surface area contributed by atoms with Crippen LogP contribution in [0.3, 0.4) is 0 Å². The number of nitrogens with two attached hydrogens (primary N) is 1. The number of carbonyl (C=O) groups excluding carboxylic acids is 2. The van der Waals surface area contributed by atoms with E-state index in [-0.39, 0.29) is 17.9 Å². The smallest absolute Gasteiger partial charge is 0.246 e. The van der Waals surface area contributed by atoms with Gasteiger partial charge in [-0.2, -0.15) is 0 Å². The summed E-state index contributed by atoms with van der Waals surface area (Å²) < 4.78 is 0. The van der Waals surface area contributed by atoms with Crippen LogP contribution in [0.4, 0.5) is 0 Å². The summed E-state index contributed by atoms with van der Waals surface area (Å²) in [6, 6.07) is 0.515. The molecule has 1 saturated heterocycles. The first kappa shape index (κ1) is 12.5. The van der Waals surface area contributed by atoms with Gasteiger partial charge in [-0.15, -0.1) is 0 Å². The van der Waals surface area contributed by atoms with Crippen LogP contribution < -0.4 is 11.1 Å². The molecule has 2 amide bonds. The van der Waals surface area contributed by atoms with Gasteiger partial charge in [0.2, 0.25) is 11.8 Å². The van der Waals surface area contributed by atoms with Gasteiger partial charge in [0.1, 0.15) is 0 Å². The van der Waals surface area contributed by atoms with Crippen LogP contribution in [-0.2, 0) is 9.59 Å². The van der Waals surface area contributed by atoms with E-state index in [1.807, 2.05) is 0 Å². The summed E-state index contributed by atoms with van der Waals surface area (Å²) in [4.78, 5) is 24.5. The van der Waals surface area contributed by atoms with Crippen LogP contribution in [0.5, 0.6) is 0 Å². The molecule has 0 aromatic rings. The highest BCUT2D eigenvalue weighted by atomic mass is 16.2. The molecule has 1 aliphatic heterocycles. The monoisotopic (exact) mass is 239 g/mol. The zero-order valence-electron chi connectivity index (χ0n) is 10.3. The Hall–Kier alpha value is -0.940. The molecule has 1 atom stereocenters. The van der Waals surface area contributed by atoms with Gasteiger partial charge in [0.15, 0.2) is 0 Å². The van der Waals surface area contributed by atoms with Crippen molar-refractivity contribution in [1.82, 2.24) is 10.2 Å². The number of nitrogens with one attached hydrogen (secondary N) is 1. The Morgan fingerprint density at radius 3 is 2.47 bits per heavy atom. The maximum Gasteiger partial charge on any atom is 0.246 e. The fraction of sp³-hybridized carbons (Fsp3) is 0.833. The molecule has 1 unspecified atom stereocenters. The van der Waals surface area contributed by atoms with Crippen molar-refractivity contribution in [2.75, 3.05) is 7.05 Å². The van der Waals surface area contributed by atoms with Crippen LogP contribution in [0, 0.1) is 0 Å². The molecule has 0 spiro atoms. The minimum Gasteiger partial charge on any atom is -0.328 e. The Morgan fingerprint density at radius 1 is 1.18 bits per heavy atom. The van der Waals surface area contributed by atoms with Crippen molar-refractivity contribution in [2.24, 2.45) is 5.73 Å². The topological polar surface area (TPSA) is 75.4 Å². The maximum absolute atomic E-state index is 11.9. The summed E-state index contributed by atoms with van der Waals surface area (Å²) in [5.41, 5.74) is 5.85. The predicted molar refractivity (Wildman–Crippen MR) is 64.2 cm³/mol. The Morgan fingerprint density at radius 2 is 1.82 bits per heavy atom. The Kier molecular flexibility index (Phi) is 3.79. The van der Waals surface area contributed by atoms with Gasteiger partial charge in [-0.05, 0) is 32.1 Å². The zero-order chi connectivity index (χ0) is 12.4. The molecule has 1 heterocycles. The highest BCUT2D eigenvalue weighted by Gasteiger charge is 2.33. The zero-order valence-corrected chi connectivity index (χ0v) is 10.3. The molecule has 3 N–H and O–H groups in total. The van der Waals surface area contributed by atoms with E-state index in [1.165, 1.54) is 4.90 Å². The van der Waals surface area contributed by atoms with Crippen LogP contribution >= 0.6 is 0 Å². The molecule has 0 radical (unpaired) electrons. The van der Waals surface area contributed by atoms with Crippen molar-refractivity contribution in [3.8, 4) is 0 Å². The Balaban J connectivity index is 1.87. The van der Waals surface area contributed by atoms with Crippen molar-refractivity contribution < 1.29 is 9.59 Å². The standard InChI is InChI=1S/C12H21N3O2/c1-15-11(16)7-6-10(12(15)17)14-9-4-2-8(13)3-5-9/h8-10,14H,2-7,13H2,1H3. The van der Waals surface area contributed by atoms with Crippen molar-refractivity contribution in [2.45, 2.75) is 56.7 Å². The molecule has 0 bridgehead atoms. The van der Waals surface area contributed by atoms with Gasteiger partial charge < -0.3 is 11.1 Å². The molecule has 5 nitrogen and oxygen atoms in total. The number of piperidine rings is 1. The van der Waals surface area contributed by atoms with Crippen molar-refractivity contribution >= 4 is 11.8 Å². The lowest BCUT2D eigenvalue weighted by molar-refractivity contribution is -0.148. The lowest BCUT2D eigenvalue weighted by atomic mass is 9.90. The summed E-state index contributed by atoms with van der Waals surface area (Å²) >= 11 is 0. The van der Waals surface area contributed by atoms with Gasteiger partial charge in [0.05, 0.1) is 6.04 Å². The van der Waals surface area contributed by atoms with Crippen LogP contribution in [0.1, 0.15) is 38.5 Å². The number of amides is 2. The fourth-order valence-corrected chi connectivity index (χ4v) is 2.64. The van der Waals surface area contributed by atoms with E-state index in [2.05, 4.69) is 5.32 Å². The molecule has 96 valence electrons.